The molecule has 1 saturated heterocycles. The molecule has 112 valence electrons. The Balaban J connectivity index is 0.00000200. The fourth-order valence-corrected chi connectivity index (χ4v) is 2.97. The van der Waals surface area contributed by atoms with Crippen LogP contribution in [0.4, 0.5) is 0 Å². The third-order valence-electron chi connectivity index (χ3n) is 3.40. The summed E-state index contributed by atoms with van der Waals surface area (Å²) in [5, 5.41) is 6.33. The van der Waals surface area contributed by atoms with Crippen LogP contribution in [0.3, 0.4) is 0 Å². The molecule has 0 saturated carbocycles. The van der Waals surface area contributed by atoms with E-state index < -0.39 is 0 Å². The third kappa shape index (κ3) is 5.73. The first-order valence-electron chi connectivity index (χ1n) is 6.93. The van der Waals surface area contributed by atoms with Crippen molar-refractivity contribution in [3.05, 3.63) is 29.8 Å². The highest BCUT2D eigenvalue weighted by Gasteiger charge is 2.19. The van der Waals surface area contributed by atoms with Crippen molar-refractivity contribution in [1.82, 2.24) is 10.6 Å². The van der Waals surface area contributed by atoms with E-state index >= 15 is 0 Å². The predicted molar refractivity (Wildman–Crippen MR) is 87.8 cm³/mol. The summed E-state index contributed by atoms with van der Waals surface area (Å²) < 4.78 is 0. The number of piperidine rings is 1. The van der Waals surface area contributed by atoms with Crippen molar-refractivity contribution in [2.24, 2.45) is 5.92 Å². The number of carbonyl (C=O) groups excluding carboxylic acids is 1. The zero-order valence-corrected chi connectivity index (χ0v) is 13.5. The molecule has 5 heteroatoms. The first-order valence-corrected chi connectivity index (χ1v) is 7.92. The number of nitrogens with one attached hydrogen (secondary N) is 2. The summed E-state index contributed by atoms with van der Waals surface area (Å²) in [5.74, 6) is 1.37. The van der Waals surface area contributed by atoms with Crippen molar-refractivity contribution < 1.29 is 4.79 Å². The number of thioether (sulfide) groups is 1. The predicted octanol–water partition coefficient (Wildman–Crippen LogP) is 2.62. The van der Waals surface area contributed by atoms with E-state index in [9.17, 15) is 4.79 Å². The van der Waals surface area contributed by atoms with Gasteiger partial charge in [0.15, 0.2) is 0 Å². The molecule has 0 aliphatic carbocycles. The van der Waals surface area contributed by atoms with Crippen LogP contribution in [0.2, 0.25) is 0 Å². The molecule has 1 aliphatic heterocycles. The monoisotopic (exact) mass is 314 g/mol. The van der Waals surface area contributed by atoms with Gasteiger partial charge in [-0.2, -0.15) is 0 Å². The molecule has 0 bridgehead atoms. The summed E-state index contributed by atoms with van der Waals surface area (Å²) >= 11 is 1.79. The van der Waals surface area contributed by atoms with E-state index in [1.54, 1.807) is 11.8 Å². The molecule has 1 fully saturated rings. The van der Waals surface area contributed by atoms with E-state index in [1.807, 2.05) is 0 Å². The zero-order valence-electron chi connectivity index (χ0n) is 11.9. The summed E-state index contributed by atoms with van der Waals surface area (Å²) in [5.41, 5.74) is 1.28. The van der Waals surface area contributed by atoms with Gasteiger partial charge >= 0.3 is 0 Å². The molecule has 1 aromatic carbocycles. The fourth-order valence-electron chi connectivity index (χ4n) is 2.21. The van der Waals surface area contributed by atoms with E-state index in [-0.39, 0.29) is 24.2 Å². The van der Waals surface area contributed by atoms with Crippen molar-refractivity contribution >= 4 is 30.1 Å². The Morgan fingerprint density at radius 1 is 1.30 bits per heavy atom. The molecule has 0 atom stereocenters. The molecule has 1 aliphatic rings. The maximum atomic E-state index is 11.9. The molecule has 1 heterocycles. The Hall–Kier alpha value is -0.710. The van der Waals surface area contributed by atoms with Gasteiger partial charge in [-0.25, -0.2) is 0 Å². The van der Waals surface area contributed by atoms with Gasteiger partial charge < -0.3 is 10.6 Å². The van der Waals surface area contributed by atoms with Gasteiger partial charge in [0.25, 0.3) is 0 Å². The maximum absolute atomic E-state index is 11.9. The second kappa shape index (κ2) is 9.27. The molecule has 1 aromatic rings. The average Bonchev–Trinajstić information content (AvgIpc) is 2.46. The zero-order chi connectivity index (χ0) is 13.5. The highest BCUT2D eigenvalue weighted by atomic mass is 35.5. The van der Waals surface area contributed by atoms with Crippen LogP contribution >= 0.6 is 24.2 Å². The standard InChI is InChI=1S/C15H22N2OS.ClH/c1-12-2-4-14(5-3-12)19-11-10-17-15(18)13-6-8-16-9-7-13;/h2-5,13,16H,6-11H2,1H3,(H,17,18);1H. The van der Waals surface area contributed by atoms with Crippen LogP contribution in [-0.2, 0) is 4.79 Å². The number of hydrogen-bond donors (Lipinski definition) is 2. The van der Waals surface area contributed by atoms with Crippen molar-refractivity contribution in [2.45, 2.75) is 24.7 Å². The van der Waals surface area contributed by atoms with Crippen LogP contribution in [0.1, 0.15) is 18.4 Å². The van der Waals surface area contributed by atoms with Crippen molar-refractivity contribution in [3.63, 3.8) is 0 Å². The first-order chi connectivity index (χ1) is 9.25. The van der Waals surface area contributed by atoms with E-state index in [4.69, 9.17) is 0 Å². The summed E-state index contributed by atoms with van der Waals surface area (Å²) in [4.78, 5) is 13.2. The molecule has 0 radical (unpaired) electrons. The van der Waals surface area contributed by atoms with Crippen LogP contribution < -0.4 is 10.6 Å². The molecule has 1 amide bonds. The summed E-state index contributed by atoms with van der Waals surface area (Å²) in [6, 6.07) is 8.51. The van der Waals surface area contributed by atoms with Gasteiger partial charge in [0, 0.05) is 23.1 Å². The number of aryl methyl sites for hydroxylation is 1. The summed E-state index contributed by atoms with van der Waals surface area (Å²) in [7, 11) is 0. The van der Waals surface area contributed by atoms with Crippen molar-refractivity contribution in [2.75, 3.05) is 25.4 Å². The Bertz CT molecular complexity index is 405. The highest BCUT2D eigenvalue weighted by molar-refractivity contribution is 7.99. The quantitative estimate of drug-likeness (QED) is 0.648. The van der Waals surface area contributed by atoms with Gasteiger partial charge in [-0.15, -0.1) is 24.2 Å². The second-order valence-electron chi connectivity index (χ2n) is 4.98. The number of carbonyl (C=O) groups is 1. The average molecular weight is 315 g/mol. The van der Waals surface area contributed by atoms with Gasteiger partial charge in [-0.3, -0.25) is 4.79 Å². The van der Waals surface area contributed by atoms with Crippen LogP contribution in [-0.4, -0.2) is 31.3 Å². The molecular weight excluding hydrogens is 292 g/mol. The lowest BCUT2D eigenvalue weighted by atomic mass is 9.97. The number of amides is 1. The first kappa shape index (κ1) is 17.3. The Morgan fingerprint density at radius 3 is 2.60 bits per heavy atom. The SMILES string of the molecule is Cc1ccc(SCCNC(=O)C2CCNCC2)cc1.Cl. The fraction of sp³-hybridized carbons (Fsp3) is 0.533. The minimum absolute atomic E-state index is 0. The van der Waals surface area contributed by atoms with Gasteiger partial charge in [0.05, 0.1) is 0 Å². The van der Waals surface area contributed by atoms with Gasteiger partial charge in [0.2, 0.25) is 5.91 Å². The lowest BCUT2D eigenvalue weighted by Gasteiger charge is -2.21. The third-order valence-corrected chi connectivity index (χ3v) is 4.41. The molecule has 20 heavy (non-hydrogen) atoms. The lowest BCUT2D eigenvalue weighted by Crippen LogP contribution is -2.38. The minimum Gasteiger partial charge on any atom is -0.355 e. The van der Waals surface area contributed by atoms with Crippen molar-refractivity contribution in [3.8, 4) is 0 Å². The molecule has 2 N–H and O–H groups in total. The van der Waals surface area contributed by atoms with Crippen LogP contribution in [0.5, 0.6) is 0 Å². The summed E-state index contributed by atoms with van der Waals surface area (Å²) in [6.07, 6.45) is 1.94. The van der Waals surface area contributed by atoms with Crippen LogP contribution in [0.25, 0.3) is 0 Å². The van der Waals surface area contributed by atoms with E-state index in [2.05, 4.69) is 41.8 Å². The normalized spacial score (nSPS) is 15.4. The van der Waals surface area contributed by atoms with E-state index in [0.29, 0.717) is 0 Å². The second-order valence-corrected chi connectivity index (χ2v) is 6.15. The molecule has 0 aromatic heterocycles. The largest absolute Gasteiger partial charge is 0.355 e. The van der Waals surface area contributed by atoms with Crippen LogP contribution in [0, 0.1) is 12.8 Å². The Morgan fingerprint density at radius 2 is 1.95 bits per heavy atom. The molecule has 0 spiro atoms. The Kier molecular flexibility index (Phi) is 8.04. The smallest absolute Gasteiger partial charge is 0.223 e. The van der Waals surface area contributed by atoms with Crippen LogP contribution in [0.15, 0.2) is 29.2 Å². The number of rotatable bonds is 5. The number of benzene rings is 1. The Labute approximate surface area is 131 Å². The summed E-state index contributed by atoms with van der Waals surface area (Å²) in [6.45, 7) is 4.78. The van der Waals surface area contributed by atoms with E-state index in [0.717, 1.165) is 38.2 Å². The maximum Gasteiger partial charge on any atom is 0.223 e. The van der Waals surface area contributed by atoms with Gasteiger partial charge in [-0.05, 0) is 45.0 Å². The van der Waals surface area contributed by atoms with Gasteiger partial charge in [-0.1, -0.05) is 17.7 Å². The highest BCUT2D eigenvalue weighted by Crippen LogP contribution is 2.17. The molecule has 2 rings (SSSR count). The number of halogens is 1. The molecule has 3 nitrogen and oxygen atoms in total. The van der Waals surface area contributed by atoms with E-state index in [1.165, 1.54) is 10.5 Å². The molecular formula is C15H23ClN2OS. The van der Waals surface area contributed by atoms with Crippen molar-refractivity contribution in [1.29, 1.82) is 0 Å². The number of hydrogen-bond acceptors (Lipinski definition) is 3. The molecule has 0 unspecified atom stereocenters. The van der Waals surface area contributed by atoms with Gasteiger partial charge in [0.1, 0.15) is 0 Å². The minimum atomic E-state index is 0. The topological polar surface area (TPSA) is 41.1 Å². The lowest BCUT2D eigenvalue weighted by molar-refractivity contribution is -0.125.